The highest BCUT2D eigenvalue weighted by Crippen LogP contribution is 2.38. The van der Waals surface area contributed by atoms with Gasteiger partial charge in [0, 0.05) is 42.8 Å². The van der Waals surface area contributed by atoms with Crippen molar-refractivity contribution in [3.63, 3.8) is 0 Å². The maximum Gasteiger partial charge on any atom is 0.132 e. The van der Waals surface area contributed by atoms with Crippen LogP contribution in [0.15, 0.2) is 12.1 Å². The van der Waals surface area contributed by atoms with Crippen LogP contribution in [0, 0.1) is 18.7 Å². The quantitative estimate of drug-likeness (QED) is 0.836. The monoisotopic (exact) mass is 348 g/mol. The normalized spacial score (nSPS) is 18.6. The Hall–Kier alpha value is -0.350. The summed E-state index contributed by atoms with van der Waals surface area (Å²) in [7, 11) is 0. The van der Waals surface area contributed by atoms with Gasteiger partial charge in [0.1, 0.15) is 5.82 Å². The number of piperazine rings is 1. The van der Waals surface area contributed by atoms with Gasteiger partial charge in [-0.3, -0.25) is 4.90 Å². The number of nitrogens with zero attached hydrogens (tertiary/aromatic N) is 1. The number of nitrogens with one attached hydrogen (secondary N) is 1. The van der Waals surface area contributed by atoms with E-state index in [0.29, 0.717) is 22.1 Å². The van der Waals surface area contributed by atoms with E-state index in [4.69, 9.17) is 11.6 Å². The average molecular weight is 349 g/mol. The SMILES string of the molecule is CCCC(C)[C@@H](c1c(Cl)ccc(C)c1F)N1CCNCC1.Cl. The summed E-state index contributed by atoms with van der Waals surface area (Å²) in [6.07, 6.45) is 2.19. The molecule has 2 rings (SSSR count). The second-order valence-corrected chi connectivity index (χ2v) is 6.50. The maximum absolute atomic E-state index is 14.7. The van der Waals surface area contributed by atoms with Crippen molar-refractivity contribution in [2.45, 2.75) is 39.7 Å². The van der Waals surface area contributed by atoms with Crippen LogP contribution in [0.1, 0.15) is 43.9 Å². The van der Waals surface area contributed by atoms with Crippen LogP contribution in [0.3, 0.4) is 0 Å². The van der Waals surface area contributed by atoms with Gasteiger partial charge >= 0.3 is 0 Å². The minimum absolute atomic E-state index is 0. The number of aryl methyl sites for hydroxylation is 1. The molecule has 1 heterocycles. The highest BCUT2D eigenvalue weighted by molar-refractivity contribution is 6.31. The zero-order valence-corrected chi connectivity index (χ0v) is 15.2. The van der Waals surface area contributed by atoms with Crippen LogP contribution in [0.4, 0.5) is 4.39 Å². The lowest BCUT2D eigenvalue weighted by atomic mass is 9.88. The zero-order chi connectivity index (χ0) is 15.4. The topological polar surface area (TPSA) is 15.3 Å². The molecular weight excluding hydrogens is 322 g/mol. The highest BCUT2D eigenvalue weighted by atomic mass is 35.5. The molecule has 0 spiro atoms. The van der Waals surface area contributed by atoms with Crippen LogP contribution >= 0.6 is 24.0 Å². The van der Waals surface area contributed by atoms with Crippen LogP contribution in [0.5, 0.6) is 0 Å². The molecule has 126 valence electrons. The molecule has 1 saturated heterocycles. The smallest absolute Gasteiger partial charge is 0.132 e. The summed E-state index contributed by atoms with van der Waals surface area (Å²) in [5.74, 6) is 0.260. The van der Waals surface area contributed by atoms with E-state index in [0.717, 1.165) is 39.0 Å². The van der Waals surface area contributed by atoms with E-state index < -0.39 is 0 Å². The molecule has 1 unspecified atom stereocenters. The number of halogens is 3. The summed E-state index contributed by atoms with van der Waals surface area (Å²) in [6.45, 7) is 10.0. The number of rotatable bonds is 5. The third-order valence-electron chi connectivity index (χ3n) is 4.44. The molecule has 0 saturated carbocycles. The van der Waals surface area contributed by atoms with Crippen LogP contribution in [-0.4, -0.2) is 31.1 Å². The van der Waals surface area contributed by atoms with Crippen molar-refractivity contribution in [1.82, 2.24) is 10.2 Å². The van der Waals surface area contributed by atoms with Crippen molar-refractivity contribution < 1.29 is 4.39 Å². The van der Waals surface area contributed by atoms with Crippen molar-refractivity contribution in [1.29, 1.82) is 0 Å². The Morgan fingerprint density at radius 3 is 2.55 bits per heavy atom. The summed E-state index contributed by atoms with van der Waals surface area (Å²) in [6, 6.07) is 3.67. The third-order valence-corrected chi connectivity index (χ3v) is 4.77. The van der Waals surface area contributed by atoms with Gasteiger partial charge in [-0.15, -0.1) is 12.4 Å². The highest BCUT2D eigenvalue weighted by Gasteiger charge is 2.31. The Balaban J connectivity index is 0.00000242. The number of hydrogen-bond donors (Lipinski definition) is 1. The molecule has 0 amide bonds. The molecule has 0 aromatic heterocycles. The standard InChI is InChI=1S/C17H26ClFN2.ClH/c1-4-5-13(3)17(21-10-8-20-9-11-21)15-14(18)7-6-12(2)16(15)19;/h6-7,13,17,20H,4-5,8-11H2,1-3H3;1H/t13?,17-;/m0./s1. The summed E-state index contributed by atoms with van der Waals surface area (Å²) >= 11 is 6.38. The third kappa shape index (κ3) is 4.35. The van der Waals surface area contributed by atoms with E-state index in [-0.39, 0.29) is 24.3 Å². The fourth-order valence-electron chi connectivity index (χ4n) is 3.35. The number of benzene rings is 1. The first-order valence-electron chi connectivity index (χ1n) is 7.95. The molecule has 22 heavy (non-hydrogen) atoms. The van der Waals surface area contributed by atoms with Crippen molar-refractivity contribution in [2.24, 2.45) is 5.92 Å². The van der Waals surface area contributed by atoms with Gasteiger partial charge in [0.2, 0.25) is 0 Å². The van der Waals surface area contributed by atoms with E-state index in [1.165, 1.54) is 0 Å². The molecule has 1 aromatic carbocycles. The second-order valence-electron chi connectivity index (χ2n) is 6.09. The van der Waals surface area contributed by atoms with E-state index in [1.807, 2.05) is 13.0 Å². The maximum atomic E-state index is 14.7. The Morgan fingerprint density at radius 1 is 1.32 bits per heavy atom. The molecule has 0 radical (unpaired) electrons. The van der Waals surface area contributed by atoms with Crippen molar-refractivity contribution in [3.05, 3.63) is 34.1 Å². The Bertz CT molecular complexity index is 476. The molecule has 1 N–H and O–H groups in total. The molecule has 1 aliphatic rings. The van der Waals surface area contributed by atoms with E-state index >= 15 is 0 Å². The molecule has 1 fully saturated rings. The van der Waals surface area contributed by atoms with Gasteiger partial charge in [0.15, 0.2) is 0 Å². The van der Waals surface area contributed by atoms with E-state index in [1.54, 1.807) is 6.07 Å². The van der Waals surface area contributed by atoms with Crippen molar-refractivity contribution in [3.8, 4) is 0 Å². The predicted molar refractivity (Wildman–Crippen MR) is 94.7 cm³/mol. The summed E-state index contributed by atoms with van der Waals surface area (Å²) in [5.41, 5.74) is 1.37. The minimum Gasteiger partial charge on any atom is -0.314 e. The first kappa shape index (κ1) is 19.7. The molecule has 1 aliphatic heterocycles. The molecule has 0 bridgehead atoms. The van der Waals surface area contributed by atoms with Gasteiger partial charge in [-0.1, -0.05) is 37.9 Å². The van der Waals surface area contributed by atoms with Crippen LogP contribution < -0.4 is 5.32 Å². The van der Waals surface area contributed by atoms with Crippen LogP contribution in [-0.2, 0) is 0 Å². The summed E-state index contributed by atoms with van der Waals surface area (Å²) < 4.78 is 14.7. The van der Waals surface area contributed by atoms with E-state index in [9.17, 15) is 4.39 Å². The first-order valence-corrected chi connectivity index (χ1v) is 8.33. The Kier molecular flexibility index (Phi) is 8.12. The Morgan fingerprint density at radius 2 is 1.95 bits per heavy atom. The van der Waals surface area contributed by atoms with Crippen molar-refractivity contribution >= 4 is 24.0 Å². The number of hydrogen-bond acceptors (Lipinski definition) is 2. The van der Waals surface area contributed by atoms with Crippen molar-refractivity contribution in [2.75, 3.05) is 26.2 Å². The molecule has 2 atom stereocenters. The Labute approximate surface area is 144 Å². The summed E-state index contributed by atoms with van der Waals surface area (Å²) in [5, 5.41) is 3.92. The second kappa shape index (κ2) is 9.07. The summed E-state index contributed by atoms with van der Waals surface area (Å²) in [4.78, 5) is 2.39. The molecular formula is C17H27Cl2FN2. The van der Waals surface area contributed by atoms with Gasteiger partial charge in [0.25, 0.3) is 0 Å². The largest absolute Gasteiger partial charge is 0.314 e. The molecule has 5 heteroatoms. The lowest BCUT2D eigenvalue weighted by Crippen LogP contribution is -2.47. The van der Waals surface area contributed by atoms with Gasteiger partial charge in [-0.05, 0) is 30.9 Å². The van der Waals surface area contributed by atoms with Gasteiger partial charge < -0.3 is 5.32 Å². The predicted octanol–water partition coefficient (Wildman–Crippen LogP) is 4.59. The van der Waals surface area contributed by atoms with Crippen LogP contribution in [0.25, 0.3) is 0 Å². The lowest BCUT2D eigenvalue weighted by Gasteiger charge is -2.39. The van der Waals surface area contributed by atoms with Crippen LogP contribution in [0.2, 0.25) is 5.02 Å². The van der Waals surface area contributed by atoms with Gasteiger partial charge in [-0.25, -0.2) is 4.39 Å². The van der Waals surface area contributed by atoms with Gasteiger partial charge in [-0.2, -0.15) is 0 Å². The first-order chi connectivity index (χ1) is 10.1. The molecule has 0 aliphatic carbocycles. The van der Waals surface area contributed by atoms with Gasteiger partial charge in [0.05, 0.1) is 0 Å². The average Bonchev–Trinajstić information content (AvgIpc) is 2.48. The van der Waals surface area contributed by atoms with E-state index in [2.05, 4.69) is 24.1 Å². The molecule has 2 nitrogen and oxygen atoms in total. The fourth-order valence-corrected chi connectivity index (χ4v) is 3.61. The zero-order valence-electron chi connectivity index (χ0n) is 13.7. The fraction of sp³-hybridized carbons (Fsp3) is 0.647. The minimum atomic E-state index is -0.131. The molecule has 1 aromatic rings. The lowest BCUT2D eigenvalue weighted by molar-refractivity contribution is 0.123.